The Morgan fingerprint density at radius 2 is 1.83 bits per heavy atom. The van der Waals surface area contributed by atoms with Crippen LogP contribution < -0.4 is 5.32 Å². The van der Waals surface area contributed by atoms with Gasteiger partial charge in [0, 0.05) is 28.1 Å². The number of aromatic amines is 1. The predicted molar refractivity (Wildman–Crippen MR) is 106 cm³/mol. The Kier molecular flexibility index (Phi) is 5.45. The van der Waals surface area contributed by atoms with Crippen molar-refractivity contribution in [3.8, 4) is 11.3 Å². The lowest BCUT2D eigenvalue weighted by Crippen LogP contribution is -1.92. The number of allylic oxidation sites excluding steroid dienone is 2. The van der Waals surface area contributed by atoms with E-state index in [1.807, 2.05) is 25.4 Å². The van der Waals surface area contributed by atoms with Crippen LogP contribution in [0.1, 0.15) is 32.1 Å². The number of hydrogen-bond donors (Lipinski definition) is 2. The summed E-state index contributed by atoms with van der Waals surface area (Å²) in [5.74, 6) is 0. The van der Waals surface area contributed by atoms with E-state index in [-0.39, 0.29) is 0 Å². The van der Waals surface area contributed by atoms with Crippen LogP contribution in [0.5, 0.6) is 0 Å². The highest BCUT2D eigenvalue weighted by Gasteiger charge is 2.19. The Balaban J connectivity index is 2.71. The van der Waals surface area contributed by atoms with Gasteiger partial charge >= 0.3 is 0 Å². The van der Waals surface area contributed by atoms with Crippen LogP contribution in [-0.2, 0) is 0 Å². The second-order valence-electron chi connectivity index (χ2n) is 5.40. The minimum Gasteiger partial charge on any atom is -0.394 e. The van der Waals surface area contributed by atoms with E-state index < -0.39 is 0 Å². The smallest absolute Gasteiger partial charge is 0.0511 e. The average Bonchev–Trinajstić information content (AvgIpc) is 3.01. The summed E-state index contributed by atoms with van der Waals surface area (Å²) in [5.41, 5.74) is 7.30. The van der Waals surface area contributed by atoms with Crippen molar-refractivity contribution in [2.45, 2.75) is 20.8 Å². The van der Waals surface area contributed by atoms with E-state index >= 15 is 0 Å². The van der Waals surface area contributed by atoms with Crippen molar-refractivity contribution in [1.29, 1.82) is 0 Å². The fourth-order valence-electron chi connectivity index (χ4n) is 2.64. The molecule has 120 valence electrons. The van der Waals surface area contributed by atoms with Gasteiger partial charge in [-0.2, -0.15) is 0 Å². The fourth-order valence-corrected chi connectivity index (χ4v) is 3.65. The summed E-state index contributed by atoms with van der Waals surface area (Å²) in [6.45, 7) is 14.2. The van der Waals surface area contributed by atoms with Gasteiger partial charge in [0.1, 0.15) is 0 Å². The molecule has 2 nitrogen and oxygen atoms in total. The minimum atomic E-state index is 1.12. The van der Waals surface area contributed by atoms with Gasteiger partial charge in [0.25, 0.3) is 0 Å². The van der Waals surface area contributed by atoms with Crippen molar-refractivity contribution in [1.82, 2.24) is 10.3 Å². The van der Waals surface area contributed by atoms with Gasteiger partial charge in [0.15, 0.2) is 0 Å². The van der Waals surface area contributed by atoms with E-state index in [0.29, 0.717) is 0 Å². The van der Waals surface area contributed by atoms with E-state index in [4.69, 9.17) is 0 Å². The molecule has 0 radical (unpaired) electrons. The first-order valence-corrected chi connectivity index (χ1v) is 8.45. The third-order valence-electron chi connectivity index (χ3n) is 4.01. The Labute approximate surface area is 143 Å². The first-order chi connectivity index (χ1) is 11.0. The fraction of sp³-hybridized carbons (Fsp3) is 0.200. The zero-order chi connectivity index (χ0) is 17.0. The van der Waals surface area contributed by atoms with Gasteiger partial charge in [-0.05, 0) is 55.8 Å². The first-order valence-electron chi connectivity index (χ1n) is 7.63. The molecule has 0 atom stereocenters. The maximum Gasteiger partial charge on any atom is 0.0511 e. The van der Waals surface area contributed by atoms with Gasteiger partial charge in [0.05, 0.1) is 5.69 Å². The van der Waals surface area contributed by atoms with Crippen molar-refractivity contribution in [3.05, 3.63) is 63.6 Å². The van der Waals surface area contributed by atoms with Crippen LogP contribution in [0, 0.1) is 20.8 Å². The van der Waals surface area contributed by atoms with Crippen molar-refractivity contribution in [2.75, 3.05) is 7.05 Å². The molecule has 0 spiro atoms. The third kappa shape index (κ3) is 3.25. The highest BCUT2D eigenvalue weighted by molar-refractivity contribution is 7.13. The lowest BCUT2D eigenvalue weighted by Gasteiger charge is -2.04. The standard InChI is InChI=1S/C20H24N2S/c1-7-9-10-17-13(3)14(4)20(22-17)19-16(11-12-21-6)15(5)23-18(19)8-2/h7-12,21-22H,1-2H2,3-6H3/b10-9-,12-11-. The second-order valence-corrected chi connectivity index (χ2v) is 6.65. The zero-order valence-corrected chi connectivity index (χ0v) is 15.1. The summed E-state index contributed by atoms with van der Waals surface area (Å²) in [6.07, 6.45) is 11.9. The Bertz CT molecular complexity index is 785. The molecule has 2 heterocycles. The normalized spacial score (nSPS) is 11.5. The van der Waals surface area contributed by atoms with Gasteiger partial charge in [-0.25, -0.2) is 0 Å². The number of rotatable bonds is 6. The van der Waals surface area contributed by atoms with Gasteiger partial charge in [-0.3, -0.25) is 0 Å². The molecular weight excluding hydrogens is 300 g/mol. The molecule has 0 saturated carbocycles. The second kappa shape index (κ2) is 7.34. The van der Waals surface area contributed by atoms with Crippen LogP contribution in [0.3, 0.4) is 0 Å². The van der Waals surface area contributed by atoms with Crippen molar-refractivity contribution < 1.29 is 0 Å². The van der Waals surface area contributed by atoms with E-state index in [1.54, 1.807) is 17.4 Å². The molecule has 0 aliphatic rings. The third-order valence-corrected chi connectivity index (χ3v) is 5.13. The first kappa shape index (κ1) is 17.1. The number of hydrogen-bond acceptors (Lipinski definition) is 2. The molecule has 23 heavy (non-hydrogen) atoms. The van der Waals surface area contributed by atoms with Crippen LogP contribution in [-0.4, -0.2) is 12.0 Å². The number of thiophene rings is 1. The number of aromatic nitrogens is 1. The molecule has 2 rings (SSSR count). The minimum absolute atomic E-state index is 1.12. The summed E-state index contributed by atoms with van der Waals surface area (Å²) in [4.78, 5) is 6.06. The topological polar surface area (TPSA) is 27.8 Å². The Morgan fingerprint density at radius 1 is 1.09 bits per heavy atom. The summed E-state index contributed by atoms with van der Waals surface area (Å²) >= 11 is 1.78. The van der Waals surface area contributed by atoms with Crippen LogP contribution in [0.15, 0.2) is 31.5 Å². The van der Waals surface area contributed by atoms with E-state index in [9.17, 15) is 0 Å². The molecule has 2 aromatic rings. The van der Waals surface area contributed by atoms with Crippen LogP contribution in [0.4, 0.5) is 0 Å². The molecular formula is C20H24N2S. The molecule has 2 N–H and O–H groups in total. The monoisotopic (exact) mass is 324 g/mol. The van der Waals surface area contributed by atoms with Gasteiger partial charge in [-0.1, -0.05) is 31.4 Å². The number of H-pyrrole nitrogens is 1. The summed E-state index contributed by atoms with van der Waals surface area (Å²) in [5, 5.41) is 3.07. The maximum absolute atomic E-state index is 3.99. The molecule has 0 aliphatic carbocycles. The molecule has 0 fully saturated rings. The zero-order valence-electron chi connectivity index (χ0n) is 14.3. The highest BCUT2D eigenvalue weighted by atomic mass is 32.1. The van der Waals surface area contributed by atoms with Crippen LogP contribution >= 0.6 is 11.3 Å². The highest BCUT2D eigenvalue weighted by Crippen LogP contribution is 2.40. The van der Waals surface area contributed by atoms with Crippen molar-refractivity contribution in [3.63, 3.8) is 0 Å². The Hall–Kier alpha value is -2.26. The van der Waals surface area contributed by atoms with Crippen LogP contribution in [0.2, 0.25) is 0 Å². The molecule has 2 aromatic heterocycles. The molecule has 0 unspecified atom stereocenters. The molecule has 0 saturated heterocycles. The van der Waals surface area contributed by atoms with E-state index in [2.05, 4.69) is 56.4 Å². The molecule has 0 aromatic carbocycles. The SMILES string of the molecule is C=C/C=C\c1[nH]c(-c2c(C=C)sc(C)c2/C=C\NC)c(C)c1C. The quantitative estimate of drug-likeness (QED) is 0.655. The molecule has 3 heteroatoms. The summed E-state index contributed by atoms with van der Waals surface area (Å²) in [6, 6.07) is 0. The van der Waals surface area contributed by atoms with Crippen molar-refractivity contribution in [2.24, 2.45) is 0 Å². The summed E-state index contributed by atoms with van der Waals surface area (Å²) in [7, 11) is 1.91. The average molecular weight is 324 g/mol. The van der Waals surface area contributed by atoms with Crippen LogP contribution in [0.25, 0.3) is 29.5 Å². The van der Waals surface area contributed by atoms with E-state index in [0.717, 1.165) is 5.69 Å². The molecule has 0 aliphatic heterocycles. The van der Waals surface area contributed by atoms with E-state index in [1.165, 1.54) is 37.7 Å². The maximum atomic E-state index is 3.99. The van der Waals surface area contributed by atoms with Crippen molar-refractivity contribution >= 4 is 29.6 Å². The van der Waals surface area contributed by atoms with Gasteiger partial charge in [-0.15, -0.1) is 11.3 Å². The predicted octanol–water partition coefficient (Wildman–Crippen LogP) is 5.70. The lowest BCUT2D eigenvalue weighted by atomic mass is 10.0. The van der Waals surface area contributed by atoms with Gasteiger partial charge in [0.2, 0.25) is 0 Å². The molecule has 0 amide bonds. The Morgan fingerprint density at radius 3 is 2.43 bits per heavy atom. The van der Waals surface area contributed by atoms with Gasteiger partial charge < -0.3 is 10.3 Å². The molecule has 0 bridgehead atoms. The largest absolute Gasteiger partial charge is 0.394 e. The lowest BCUT2D eigenvalue weighted by molar-refractivity contribution is 1.11. The number of nitrogens with one attached hydrogen (secondary N) is 2. The summed E-state index contributed by atoms with van der Waals surface area (Å²) < 4.78 is 0. The number of aryl methyl sites for hydroxylation is 1.